The fourth-order valence-electron chi connectivity index (χ4n) is 13.9. The number of hydrogen-bond acceptors (Lipinski definition) is 19. The van der Waals surface area contributed by atoms with Crippen molar-refractivity contribution in [2.45, 2.75) is 164 Å². The van der Waals surface area contributed by atoms with E-state index < -0.39 is 70.0 Å². The quantitative estimate of drug-likeness (QED) is 0.0313. The van der Waals surface area contributed by atoms with E-state index >= 15 is 0 Å². The second-order valence-corrected chi connectivity index (χ2v) is 37.7. The van der Waals surface area contributed by atoms with E-state index in [2.05, 4.69) is 125 Å². The van der Waals surface area contributed by atoms with Gasteiger partial charge in [0.15, 0.2) is 5.82 Å². The van der Waals surface area contributed by atoms with Crippen molar-refractivity contribution in [1.29, 1.82) is 0 Å². The van der Waals surface area contributed by atoms with Gasteiger partial charge in [-0.2, -0.15) is 31.4 Å². The Balaban J connectivity index is 0.000000174. The maximum atomic E-state index is 13.4. The molecule has 111 heavy (non-hydrogen) atoms. The molecule has 8 heterocycles. The molecule has 24 nitrogen and oxygen atoms in total. The number of aromatic nitrogens is 7. The van der Waals surface area contributed by atoms with Crippen LogP contribution in [0.5, 0.6) is 11.8 Å². The minimum atomic E-state index is -4.24. The Kier molecular flexibility index (Phi) is 26.9. The number of nitrogens with zero attached hydrogens (tertiary/aromatic N) is 9. The number of halogens is 9. The van der Waals surface area contributed by atoms with Crippen LogP contribution in [0.3, 0.4) is 0 Å². The lowest BCUT2D eigenvalue weighted by Crippen LogP contribution is -2.41. The van der Waals surface area contributed by atoms with E-state index in [1.165, 1.54) is 65.5 Å². The summed E-state index contributed by atoms with van der Waals surface area (Å²) in [5.74, 6) is 1.77. The largest absolute Gasteiger partial charge is 0.478 e. The third kappa shape index (κ3) is 22.1. The Bertz CT molecular complexity index is 4930. The molecule has 36 heteroatoms. The summed E-state index contributed by atoms with van der Waals surface area (Å²) in [5, 5.41) is 10.5. The summed E-state index contributed by atoms with van der Waals surface area (Å²) in [5.41, 5.74) is 2.56. The zero-order valence-electron chi connectivity index (χ0n) is 62.3. The average molecular weight is 1750 g/mol. The van der Waals surface area contributed by atoms with Crippen LogP contribution in [0.15, 0.2) is 176 Å². The van der Waals surface area contributed by atoms with Gasteiger partial charge < -0.3 is 29.9 Å². The van der Waals surface area contributed by atoms with Crippen LogP contribution >= 0.6 is 42.5 Å². The summed E-state index contributed by atoms with van der Waals surface area (Å²) >= 11 is 6.71. The molecule has 0 bridgehead atoms. The summed E-state index contributed by atoms with van der Waals surface area (Å²) in [6.45, 7) is 21.3. The molecule has 600 valence electrons. The molecule has 0 unspecified atom stereocenters. The standard InChI is InChI=1S/C28H32F3N5O4S.C19H22BrN3O3S.C13H18BrN3O.C9H11F3N2O.C6H5ClO2S/c1-19-17-26(2,3)35(18-19)24-21(25(37)34-41(38,39)20-7-5-4-6-8-20)9-10-22(32-24)36-15-11-23(33-36)40-16-14-27(12-13-27)28(29,30)31;1-13-11-19(2,3)23(12-13)17-15(9-10-16(20)21-17)18(24)22-27(25,26)14-7-5-4-6-8-14;1-8-6-13(2,3)17(7-8)12-9(11(15)18)4-5-10(14)16-12;10-9(11,12)8(2-3-8)4-6-15-7-1-5-13-14-7;7-10(8,9)6-4-2-1-3-5-6/h4-11,15,19H,12-14,16-18H2,1-3H3,(H,34,37);4-10,13H,11-12H2,1-3H3,(H,22,24);4-5,8H,6-7H2,1-3H3,(H2,15,18);1,5H,2-4,6H2,(H,13,14);1-5H/t19-;13-;8-;;/m000../s1. The van der Waals surface area contributed by atoms with Gasteiger partial charge in [0.1, 0.15) is 26.7 Å². The number of carbonyl (C=O) groups is 3. The van der Waals surface area contributed by atoms with Crippen LogP contribution in [-0.2, 0) is 29.1 Å². The number of amides is 3. The molecule has 2 aliphatic carbocycles. The minimum Gasteiger partial charge on any atom is -0.478 e. The number of aromatic amines is 1. The predicted octanol–water partition coefficient (Wildman–Crippen LogP) is 15.4. The third-order valence-electron chi connectivity index (χ3n) is 19.7. The molecule has 3 saturated heterocycles. The van der Waals surface area contributed by atoms with Gasteiger partial charge in [0.2, 0.25) is 11.8 Å². The maximum absolute atomic E-state index is 13.4. The van der Waals surface area contributed by atoms with Crippen molar-refractivity contribution in [3.05, 3.63) is 178 Å². The number of benzene rings is 3. The number of alkyl halides is 6. The van der Waals surface area contributed by atoms with Gasteiger partial charge >= 0.3 is 12.4 Å². The summed E-state index contributed by atoms with van der Waals surface area (Å²) in [6, 6.07) is 36.1. The van der Waals surface area contributed by atoms with Crippen molar-refractivity contribution in [3.8, 4) is 17.6 Å². The fraction of sp³-hybridized carbons (Fsp3) is 0.440. The van der Waals surface area contributed by atoms with E-state index in [0.29, 0.717) is 63.6 Å². The number of nitrogens with two attached hydrogens (primary N) is 1. The molecule has 3 amide bonds. The normalized spacial score (nSPS) is 19.1. The number of rotatable bonds is 20. The van der Waals surface area contributed by atoms with E-state index in [1.807, 2.05) is 18.7 Å². The Morgan fingerprint density at radius 3 is 1.27 bits per heavy atom. The zero-order valence-corrected chi connectivity index (χ0v) is 68.7. The van der Waals surface area contributed by atoms with Crippen molar-refractivity contribution < 1.29 is 75.5 Å². The lowest BCUT2D eigenvalue weighted by atomic mass is 9.97. The Labute approximate surface area is 663 Å². The first-order valence-corrected chi connectivity index (χ1v) is 42.3. The third-order valence-corrected chi connectivity index (χ3v) is 24.7. The lowest BCUT2D eigenvalue weighted by Gasteiger charge is -2.34. The molecular formula is C75H88Br2ClF6N13O11S3. The van der Waals surface area contributed by atoms with Gasteiger partial charge in [-0.15, -0.1) is 5.10 Å². The fourth-order valence-corrected chi connectivity index (χ4v) is 17.3. The molecule has 8 aromatic rings. The molecule has 0 spiro atoms. The molecule has 3 aromatic carbocycles. The summed E-state index contributed by atoms with van der Waals surface area (Å²) < 4.78 is 167. The number of anilines is 3. The zero-order chi connectivity index (χ0) is 81.5. The van der Waals surface area contributed by atoms with E-state index in [1.54, 1.807) is 91.1 Å². The van der Waals surface area contributed by atoms with Gasteiger partial charge in [-0.3, -0.25) is 14.4 Å². The van der Waals surface area contributed by atoms with Crippen LogP contribution in [-0.4, -0.2) is 140 Å². The maximum Gasteiger partial charge on any atom is 0.394 e. The van der Waals surface area contributed by atoms with Gasteiger partial charge in [-0.1, -0.05) is 75.4 Å². The second-order valence-electron chi connectivity index (χ2n) is 30.1. The SMILES string of the molecule is C[C@@H]1CN(c2nc(-n3ccc(OCCC4(C(F)(F)F)CC4)n3)ccc2C(=O)NS(=O)(=O)c2ccccc2)C(C)(C)C1.C[C@@H]1CN(c2nc(Br)ccc2C(=O)NS(=O)(=O)c2ccccc2)C(C)(C)C1.C[C@@H]1CN(c2nc(Br)ccc2C(N)=O)C(C)(C)C1.FC(F)(F)C1(CCOc2ccn[nH]2)CC1.O=S(=O)(Cl)c1ccccc1. The summed E-state index contributed by atoms with van der Waals surface area (Å²) in [6.07, 6.45) is -1.84. The lowest BCUT2D eigenvalue weighted by molar-refractivity contribution is -0.190. The smallest absolute Gasteiger partial charge is 0.394 e. The number of pyridine rings is 3. The molecular weight excluding hydrogens is 1660 g/mol. The molecule has 3 atom stereocenters. The number of primary amides is 1. The highest BCUT2D eigenvalue weighted by molar-refractivity contribution is 9.10. The van der Waals surface area contributed by atoms with E-state index in [4.69, 9.17) is 30.9 Å². The number of ether oxygens (including phenoxy) is 2. The monoisotopic (exact) mass is 1750 g/mol. The molecule has 2 saturated carbocycles. The average Bonchev–Trinajstić information content (AvgIpc) is 1.66. The van der Waals surface area contributed by atoms with Gasteiger partial charge in [-0.05, 0) is 222 Å². The summed E-state index contributed by atoms with van der Waals surface area (Å²) in [4.78, 5) is 57.8. The van der Waals surface area contributed by atoms with Crippen LogP contribution in [0.1, 0.15) is 151 Å². The van der Waals surface area contributed by atoms with Gasteiger partial charge in [-0.25, -0.2) is 59.4 Å². The van der Waals surface area contributed by atoms with E-state index in [0.717, 1.165) is 37.0 Å². The first kappa shape index (κ1) is 86.6. The van der Waals surface area contributed by atoms with E-state index in [-0.39, 0.29) is 100 Å². The molecule has 5 aliphatic rings. The molecule has 13 rings (SSSR count). The van der Waals surface area contributed by atoms with Crippen molar-refractivity contribution in [2.75, 3.05) is 47.5 Å². The Hall–Kier alpha value is -8.38. The van der Waals surface area contributed by atoms with Crippen LogP contribution in [0.4, 0.5) is 43.8 Å². The van der Waals surface area contributed by atoms with Crippen LogP contribution in [0.2, 0.25) is 0 Å². The number of hydrogen-bond donors (Lipinski definition) is 4. The summed E-state index contributed by atoms with van der Waals surface area (Å²) in [7, 11) is -6.58. The van der Waals surface area contributed by atoms with Crippen LogP contribution in [0.25, 0.3) is 5.82 Å². The Morgan fingerprint density at radius 1 is 0.541 bits per heavy atom. The molecule has 5 fully saturated rings. The van der Waals surface area contributed by atoms with Crippen molar-refractivity contribution >= 4 is 107 Å². The highest BCUT2D eigenvalue weighted by atomic mass is 79.9. The van der Waals surface area contributed by atoms with Crippen molar-refractivity contribution in [3.63, 3.8) is 0 Å². The number of sulfonamides is 2. The molecule has 5 aromatic heterocycles. The van der Waals surface area contributed by atoms with E-state index in [9.17, 15) is 66.0 Å². The first-order chi connectivity index (χ1) is 51.8. The topological polar surface area (TPSA) is 317 Å². The highest BCUT2D eigenvalue weighted by Gasteiger charge is 2.63. The Morgan fingerprint density at radius 2 is 0.919 bits per heavy atom. The number of nitrogens with one attached hydrogen (secondary N) is 3. The van der Waals surface area contributed by atoms with Crippen molar-refractivity contribution in [2.24, 2.45) is 34.3 Å². The first-order valence-electron chi connectivity index (χ1n) is 35.4. The number of H-pyrrole nitrogens is 1. The second kappa shape index (κ2) is 34.5. The predicted molar refractivity (Wildman–Crippen MR) is 415 cm³/mol. The van der Waals surface area contributed by atoms with Gasteiger partial charge in [0.05, 0.1) is 61.6 Å². The highest BCUT2D eigenvalue weighted by Crippen LogP contribution is 2.61. The molecule has 3 aliphatic heterocycles. The van der Waals surface area contributed by atoms with Gasteiger partial charge in [0.25, 0.3) is 46.8 Å². The van der Waals surface area contributed by atoms with Crippen molar-refractivity contribution in [1.82, 2.24) is 44.4 Å². The molecule has 0 radical (unpaired) electrons. The minimum absolute atomic E-state index is 0.00257. The van der Waals surface area contributed by atoms with Crippen LogP contribution < -0.4 is 39.4 Å². The van der Waals surface area contributed by atoms with Gasteiger partial charge in [0, 0.05) is 65.3 Å². The number of carbonyl (C=O) groups excluding carboxylic acids is 3. The van der Waals surface area contributed by atoms with Crippen LogP contribution in [0, 0.1) is 28.6 Å². The molecule has 5 N–H and O–H groups in total.